The Bertz CT molecular complexity index is 635. The molecule has 4 nitrogen and oxygen atoms in total. The van der Waals surface area contributed by atoms with Crippen LogP contribution in [0.25, 0.3) is 0 Å². The molecule has 2 amide bonds. The molecule has 20 heavy (non-hydrogen) atoms. The Labute approximate surface area is 123 Å². The number of carbonyl (C=O) groups is 1. The molecule has 0 atom stereocenters. The lowest BCUT2D eigenvalue weighted by Gasteiger charge is -2.11. The summed E-state index contributed by atoms with van der Waals surface area (Å²) in [6.07, 6.45) is 0. The van der Waals surface area contributed by atoms with Gasteiger partial charge >= 0.3 is 6.03 Å². The highest BCUT2D eigenvalue weighted by Crippen LogP contribution is 2.23. The number of halogens is 1. The molecule has 0 aliphatic heterocycles. The fourth-order valence-electron chi connectivity index (χ4n) is 1.92. The number of carbonyl (C=O) groups excluding carboxylic acids is 1. The van der Waals surface area contributed by atoms with Gasteiger partial charge in [-0.15, -0.1) is 0 Å². The van der Waals surface area contributed by atoms with Crippen molar-refractivity contribution >= 4 is 29.1 Å². The molecular weight excluding hydrogens is 274 g/mol. The number of benzene rings is 1. The van der Waals surface area contributed by atoms with Crippen molar-refractivity contribution in [3.8, 4) is 0 Å². The maximum absolute atomic E-state index is 12.0. The number of nitrogens with one attached hydrogen (secondary N) is 2. The van der Waals surface area contributed by atoms with Crippen molar-refractivity contribution in [2.45, 2.75) is 20.8 Å². The van der Waals surface area contributed by atoms with E-state index in [1.165, 1.54) is 0 Å². The third kappa shape index (κ3) is 3.48. The van der Waals surface area contributed by atoms with Gasteiger partial charge in [0, 0.05) is 16.4 Å². The van der Waals surface area contributed by atoms with Gasteiger partial charge < -0.3 is 5.32 Å². The molecule has 0 fully saturated rings. The van der Waals surface area contributed by atoms with E-state index in [2.05, 4.69) is 15.6 Å². The standard InChI is InChI=1S/C15H16ClN3O/c1-9-7-10(2)17-14(8-9)19-15(20)18-13-6-4-5-12(16)11(13)3/h4-8H,1-3H3,(H2,17,18,19,20). The number of aryl methyl sites for hydroxylation is 2. The highest BCUT2D eigenvalue weighted by atomic mass is 35.5. The Morgan fingerprint density at radius 1 is 1.15 bits per heavy atom. The number of hydrogen-bond acceptors (Lipinski definition) is 2. The first-order chi connectivity index (χ1) is 9.45. The SMILES string of the molecule is Cc1cc(C)nc(NC(=O)Nc2cccc(Cl)c2C)c1. The summed E-state index contributed by atoms with van der Waals surface area (Å²) in [7, 11) is 0. The maximum Gasteiger partial charge on any atom is 0.324 e. The minimum absolute atomic E-state index is 0.340. The minimum Gasteiger partial charge on any atom is -0.307 e. The second kappa shape index (κ2) is 5.92. The van der Waals surface area contributed by atoms with Crippen LogP contribution >= 0.6 is 11.6 Å². The molecule has 2 rings (SSSR count). The third-order valence-corrected chi connectivity index (χ3v) is 3.26. The maximum atomic E-state index is 12.0. The summed E-state index contributed by atoms with van der Waals surface area (Å²) in [5, 5.41) is 6.10. The molecule has 0 saturated carbocycles. The zero-order valence-corrected chi connectivity index (χ0v) is 12.4. The Morgan fingerprint density at radius 2 is 1.90 bits per heavy atom. The number of aromatic nitrogens is 1. The van der Waals surface area contributed by atoms with Crippen molar-refractivity contribution in [2.24, 2.45) is 0 Å². The van der Waals surface area contributed by atoms with E-state index >= 15 is 0 Å². The van der Waals surface area contributed by atoms with Crippen LogP contribution in [0, 0.1) is 20.8 Å². The van der Waals surface area contributed by atoms with Crippen LogP contribution in [0.2, 0.25) is 5.02 Å². The van der Waals surface area contributed by atoms with E-state index in [1.807, 2.05) is 32.9 Å². The van der Waals surface area contributed by atoms with Gasteiger partial charge in [0.1, 0.15) is 5.82 Å². The Morgan fingerprint density at radius 3 is 2.60 bits per heavy atom. The molecule has 0 saturated heterocycles. The van der Waals surface area contributed by atoms with Gasteiger partial charge in [0.25, 0.3) is 0 Å². The largest absolute Gasteiger partial charge is 0.324 e. The van der Waals surface area contributed by atoms with Crippen LogP contribution in [0.3, 0.4) is 0 Å². The molecule has 2 N–H and O–H groups in total. The van der Waals surface area contributed by atoms with Crippen LogP contribution in [-0.4, -0.2) is 11.0 Å². The van der Waals surface area contributed by atoms with E-state index in [0.717, 1.165) is 16.8 Å². The molecule has 2 aromatic rings. The smallest absolute Gasteiger partial charge is 0.307 e. The van der Waals surface area contributed by atoms with Gasteiger partial charge in [-0.3, -0.25) is 5.32 Å². The highest BCUT2D eigenvalue weighted by molar-refractivity contribution is 6.31. The van der Waals surface area contributed by atoms with Crippen LogP contribution < -0.4 is 10.6 Å². The molecule has 0 unspecified atom stereocenters. The van der Waals surface area contributed by atoms with E-state index in [9.17, 15) is 4.79 Å². The number of nitrogens with zero attached hydrogens (tertiary/aromatic N) is 1. The Balaban J connectivity index is 2.11. The highest BCUT2D eigenvalue weighted by Gasteiger charge is 2.07. The fourth-order valence-corrected chi connectivity index (χ4v) is 2.09. The third-order valence-electron chi connectivity index (χ3n) is 2.86. The summed E-state index contributed by atoms with van der Waals surface area (Å²) < 4.78 is 0. The predicted molar refractivity (Wildman–Crippen MR) is 82.5 cm³/mol. The summed E-state index contributed by atoms with van der Waals surface area (Å²) in [6.45, 7) is 5.70. The van der Waals surface area contributed by atoms with Gasteiger partial charge in [0.2, 0.25) is 0 Å². The van der Waals surface area contributed by atoms with E-state index in [0.29, 0.717) is 16.5 Å². The second-order valence-corrected chi connectivity index (χ2v) is 5.07. The predicted octanol–water partition coefficient (Wildman–Crippen LogP) is 4.30. The molecule has 0 radical (unpaired) electrons. The van der Waals surface area contributed by atoms with Crippen molar-refractivity contribution in [2.75, 3.05) is 10.6 Å². The Kier molecular flexibility index (Phi) is 4.25. The van der Waals surface area contributed by atoms with E-state index in [4.69, 9.17) is 11.6 Å². The van der Waals surface area contributed by atoms with Crippen LogP contribution in [0.1, 0.15) is 16.8 Å². The molecule has 0 aliphatic carbocycles. The first kappa shape index (κ1) is 14.3. The monoisotopic (exact) mass is 289 g/mol. The topological polar surface area (TPSA) is 54.0 Å². The molecule has 104 valence electrons. The van der Waals surface area contributed by atoms with Crippen LogP contribution in [0.5, 0.6) is 0 Å². The molecule has 1 aromatic heterocycles. The van der Waals surface area contributed by atoms with Crippen molar-refractivity contribution in [1.82, 2.24) is 4.98 Å². The summed E-state index contributed by atoms with van der Waals surface area (Å²) in [5.74, 6) is 0.527. The van der Waals surface area contributed by atoms with Crippen molar-refractivity contribution < 1.29 is 4.79 Å². The van der Waals surface area contributed by atoms with Crippen molar-refractivity contribution in [3.63, 3.8) is 0 Å². The van der Waals surface area contributed by atoms with Gasteiger partial charge in [-0.1, -0.05) is 17.7 Å². The number of anilines is 2. The average molecular weight is 290 g/mol. The summed E-state index contributed by atoms with van der Waals surface area (Å²) in [5.41, 5.74) is 3.42. The molecular formula is C15H16ClN3O. The number of pyridine rings is 1. The van der Waals surface area contributed by atoms with Crippen molar-refractivity contribution in [1.29, 1.82) is 0 Å². The van der Waals surface area contributed by atoms with Crippen LogP contribution in [-0.2, 0) is 0 Å². The molecule has 5 heteroatoms. The molecule has 0 spiro atoms. The summed E-state index contributed by atoms with van der Waals surface area (Å²) >= 11 is 6.01. The first-order valence-corrected chi connectivity index (χ1v) is 6.62. The zero-order valence-electron chi connectivity index (χ0n) is 11.6. The first-order valence-electron chi connectivity index (χ1n) is 6.24. The van der Waals surface area contributed by atoms with Gasteiger partial charge in [0.05, 0.1) is 0 Å². The molecule has 1 heterocycles. The minimum atomic E-state index is -0.340. The molecule has 0 bridgehead atoms. The summed E-state index contributed by atoms with van der Waals surface area (Å²) in [4.78, 5) is 16.2. The quantitative estimate of drug-likeness (QED) is 0.866. The van der Waals surface area contributed by atoms with E-state index < -0.39 is 0 Å². The molecule has 0 aliphatic rings. The molecule has 1 aromatic carbocycles. The lowest BCUT2D eigenvalue weighted by atomic mass is 10.2. The van der Waals surface area contributed by atoms with Gasteiger partial charge in [-0.05, 0) is 56.2 Å². The Hall–Kier alpha value is -2.07. The summed E-state index contributed by atoms with van der Waals surface area (Å²) in [6, 6.07) is 8.80. The number of amides is 2. The van der Waals surface area contributed by atoms with E-state index in [1.54, 1.807) is 18.2 Å². The second-order valence-electron chi connectivity index (χ2n) is 4.66. The number of rotatable bonds is 2. The fraction of sp³-hybridized carbons (Fsp3) is 0.200. The lowest BCUT2D eigenvalue weighted by Crippen LogP contribution is -2.20. The average Bonchev–Trinajstić information content (AvgIpc) is 2.33. The zero-order chi connectivity index (χ0) is 14.7. The lowest BCUT2D eigenvalue weighted by molar-refractivity contribution is 0.262. The normalized spacial score (nSPS) is 10.2. The van der Waals surface area contributed by atoms with Crippen LogP contribution in [0.15, 0.2) is 30.3 Å². The van der Waals surface area contributed by atoms with Gasteiger partial charge in [-0.2, -0.15) is 0 Å². The van der Waals surface area contributed by atoms with Gasteiger partial charge in [0.15, 0.2) is 0 Å². The van der Waals surface area contributed by atoms with Crippen molar-refractivity contribution in [3.05, 3.63) is 52.2 Å². The van der Waals surface area contributed by atoms with E-state index in [-0.39, 0.29) is 6.03 Å². The number of hydrogen-bond donors (Lipinski definition) is 2. The number of urea groups is 1. The van der Waals surface area contributed by atoms with Gasteiger partial charge in [-0.25, -0.2) is 9.78 Å². The van der Waals surface area contributed by atoms with Crippen LogP contribution in [0.4, 0.5) is 16.3 Å².